The molecule has 0 aliphatic carbocycles. The molecule has 2 aliphatic heterocycles. The first kappa shape index (κ1) is 22.0. The average molecular weight is 436 g/mol. The standard InChI is InChI=1S/C24H29N5O3/c30-22(28-16-14-27(15-17-28)13-10-19-8-11-25-12-9-19)7-6-21-23(31)29(24(32)26-21)18-20-4-2-1-3-5-20/h1-5,8-9,11-12,21H,6-7,10,13-18H2,(H,26,32)/t21-/m1/s1. The molecule has 1 atom stereocenters. The summed E-state index contributed by atoms with van der Waals surface area (Å²) in [5, 5.41) is 2.73. The van der Waals surface area contributed by atoms with E-state index in [0.29, 0.717) is 19.5 Å². The van der Waals surface area contributed by atoms with E-state index in [4.69, 9.17) is 0 Å². The van der Waals surface area contributed by atoms with Crippen molar-refractivity contribution in [2.24, 2.45) is 0 Å². The van der Waals surface area contributed by atoms with Crippen LogP contribution in [-0.2, 0) is 22.6 Å². The quantitative estimate of drug-likeness (QED) is 0.638. The Kier molecular flexibility index (Phi) is 7.11. The van der Waals surface area contributed by atoms with Gasteiger partial charge in [-0.25, -0.2) is 4.79 Å². The van der Waals surface area contributed by atoms with Crippen molar-refractivity contribution in [1.82, 2.24) is 25.0 Å². The molecule has 2 saturated heterocycles. The van der Waals surface area contributed by atoms with Crippen LogP contribution < -0.4 is 5.32 Å². The number of pyridine rings is 1. The van der Waals surface area contributed by atoms with E-state index in [-0.39, 0.29) is 30.8 Å². The molecule has 0 spiro atoms. The van der Waals surface area contributed by atoms with Gasteiger partial charge in [-0.3, -0.25) is 24.4 Å². The van der Waals surface area contributed by atoms with Crippen LogP contribution in [0.2, 0.25) is 0 Å². The molecule has 8 nitrogen and oxygen atoms in total. The van der Waals surface area contributed by atoms with E-state index in [1.807, 2.05) is 59.8 Å². The number of carbonyl (C=O) groups excluding carboxylic acids is 3. The van der Waals surface area contributed by atoms with Gasteiger partial charge in [0.2, 0.25) is 5.91 Å². The first-order valence-electron chi connectivity index (χ1n) is 11.1. The highest BCUT2D eigenvalue weighted by Gasteiger charge is 2.38. The van der Waals surface area contributed by atoms with Gasteiger partial charge in [-0.15, -0.1) is 0 Å². The Balaban J connectivity index is 1.19. The smallest absolute Gasteiger partial charge is 0.325 e. The van der Waals surface area contributed by atoms with Crippen molar-refractivity contribution in [3.05, 3.63) is 66.0 Å². The SMILES string of the molecule is O=C(CC[C@H]1NC(=O)N(Cc2ccccc2)C1=O)N1CCN(CCc2ccncc2)CC1. The van der Waals surface area contributed by atoms with Gasteiger partial charge in [0.1, 0.15) is 6.04 Å². The van der Waals surface area contributed by atoms with Gasteiger partial charge >= 0.3 is 6.03 Å². The largest absolute Gasteiger partial charge is 0.340 e. The minimum absolute atomic E-state index is 0.0438. The molecule has 2 aliphatic rings. The molecule has 1 N–H and O–H groups in total. The number of aromatic nitrogens is 1. The maximum atomic E-state index is 12.7. The van der Waals surface area contributed by atoms with E-state index in [0.717, 1.165) is 31.6 Å². The number of benzene rings is 1. The molecule has 0 bridgehead atoms. The summed E-state index contributed by atoms with van der Waals surface area (Å²) >= 11 is 0. The van der Waals surface area contributed by atoms with Gasteiger partial charge in [0.25, 0.3) is 5.91 Å². The lowest BCUT2D eigenvalue weighted by molar-refractivity contribution is -0.133. The van der Waals surface area contributed by atoms with Gasteiger partial charge in [0.05, 0.1) is 6.54 Å². The number of nitrogens with one attached hydrogen (secondary N) is 1. The lowest BCUT2D eigenvalue weighted by Gasteiger charge is -2.35. The van der Waals surface area contributed by atoms with Gasteiger partial charge in [-0.2, -0.15) is 0 Å². The van der Waals surface area contributed by atoms with Crippen molar-refractivity contribution >= 4 is 17.8 Å². The average Bonchev–Trinajstić information content (AvgIpc) is 3.10. The molecule has 4 rings (SSSR count). The number of piperazine rings is 1. The predicted molar refractivity (Wildman–Crippen MR) is 120 cm³/mol. The second-order valence-corrected chi connectivity index (χ2v) is 8.28. The van der Waals surface area contributed by atoms with Crippen molar-refractivity contribution in [1.29, 1.82) is 0 Å². The second-order valence-electron chi connectivity index (χ2n) is 8.28. The molecular formula is C24H29N5O3. The van der Waals surface area contributed by atoms with E-state index in [1.165, 1.54) is 10.5 Å². The minimum atomic E-state index is -0.628. The van der Waals surface area contributed by atoms with Crippen LogP contribution in [0.1, 0.15) is 24.0 Å². The molecule has 8 heteroatoms. The Hall–Kier alpha value is -3.26. The number of urea groups is 1. The summed E-state index contributed by atoms with van der Waals surface area (Å²) in [4.78, 5) is 47.1. The van der Waals surface area contributed by atoms with Crippen LogP contribution in [0.3, 0.4) is 0 Å². The highest BCUT2D eigenvalue weighted by Crippen LogP contribution is 2.16. The molecule has 32 heavy (non-hydrogen) atoms. The Morgan fingerprint density at radius 2 is 1.69 bits per heavy atom. The van der Waals surface area contributed by atoms with Crippen molar-refractivity contribution < 1.29 is 14.4 Å². The molecule has 1 aromatic heterocycles. The van der Waals surface area contributed by atoms with Crippen molar-refractivity contribution in [3.8, 4) is 0 Å². The van der Waals surface area contributed by atoms with Crippen molar-refractivity contribution in [2.45, 2.75) is 31.8 Å². The van der Waals surface area contributed by atoms with Gasteiger partial charge in [-0.1, -0.05) is 30.3 Å². The summed E-state index contributed by atoms with van der Waals surface area (Å²) in [5.74, 6) is -0.213. The minimum Gasteiger partial charge on any atom is -0.340 e. The summed E-state index contributed by atoms with van der Waals surface area (Å²) in [5.41, 5.74) is 2.16. The van der Waals surface area contributed by atoms with E-state index < -0.39 is 6.04 Å². The Labute approximate surface area is 188 Å². The normalized spacial score (nSPS) is 19.3. The Morgan fingerprint density at radius 3 is 2.41 bits per heavy atom. The first-order chi connectivity index (χ1) is 15.6. The second kappa shape index (κ2) is 10.4. The lowest BCUT2D eigenvalue weighted by atomic mass is 10.1. The molecule has 0 saturated carbocycles. The van der Waals surface area contributed by atoms with Gasteiger partial charge in [0, 0.05) is 51.5 Å². The predicted octanol–water partition coefficient (Wildman–Crippen LogP) is 1.67. The highest BCUT2D eigenvalue weighted by molar-refractivity contribution is 6.04. The Bertz CT molecular complexity index is 929. The number of imide groups is 1. The highest BCUT2D eigenvalue weighted by atomic mass is 16.2. The van der Waals surface area contributed by atoms with Gasteiger partial charge in [-0.05, 0) is 36.1 Å². The van der Waals surface area contributed by atoms with Crippen molar-refractivity contribution in [3.63, 3.8) is 0 Å². The third kappa shape index (κ3) is 5.50. The summed E-state index contributed by atoms with van der Waals surface area (Å²) in [6.07, 6.45) is 5.18. The zero-order valence-corrected chi connectivity index (χ0v) is 18.2. The maximum absolute atomic E-state index is 12.7. The topological polar surface area (TPSA) is 85.8 Å². The molecular weight excluding hydrogens is 406 g/mol. The maximum Gasteiger partial charge on any atom is 0.325 e. The zero-order chi connectivity index (χ0) is 22.3. The molecule has 2 aromatic rings. The molecule has 168 valence electrons. The van der Waals surface area contributed by atoms with E-state index in [9.17, 15) is 14.4 Å². The van der Waals surface area contributed by atoms with E-state index >= 15 is 0 Å². The van der Waals surface area contributed by atoms with Crippen molar-refractivity contribution in [2.75, 3.05) is 32.7 Å². The number of rotatable bonds is 8. The fraction of sp³-hybridized carbons (Fsp3) is 0.417. The molecule has 0 unspecified atom stereocenters. The van der Waals surface area contributed by atoms with Crippen LogP contribution in [0, 0.1) is 0 Å². The van der Waals surface area contributed by atoms with Gasteiger partial charge in [0.15, 0.2) is 0 Å². The summed E-state index contributed by atoms with van der Waals surface area (Å²) in [6, 6.07) is 12.5. The molecule has 1 aromatic carbocycles. The number of carbonyl (C=O) groups is 3. The van der Waals surface area contributed by atoms with E-state index in [1.54, 1.807) is 0 Å². The van der Waals surface area contributed by atoms with Crippen LogP contribution in [0.4, 0.5) is 4.79 Å². The first-order valence-corrected chi connectivity index (χ1v) is 11.1. The lowest BCUT2D eigenvalue weighted by Crippen LogP contribution is -2.49. The monoisotopic (exact) mass is 435 g/mol. The van der Waals surface area contributed by atoms with Crippen LogP contribution in [0.5, 0.6) is 0 Å². The fourth-order valence-electron chi connectivity index (χ4n) is 4.17. The zero-order valence-electron chi connectivity index (χ0n) is 18.2. The molecule has 2 fully saturated rings. The fourth-order valence-corrected chi connectivity index (χ4v) is 4.17. The van der Waals surface area contributed by atoms with Gasteiger partial charge < -0.3 is 10.2 Å². The van der Waals surface area contributed by atoms with Crippen LogP contribution in [0.25, 0.3) is 0 Å². The van der Waals surface area contributed by atoms with Crippen LogP contribution >= 0.6 is 0 Å². The molecule has 4 amide bonds. The van der Waals surface area contributed by atoms with Crippen LogP contribution in [0.15, 0.2) is 54.9 Å². The molecule has 0 radical (unpaired) electrons. The molecule has 3 heterocycles. The number of hydrogen-bond donors (Lipinski definition) is 1. The Morgan fingerprint density at radius 1 is 0.969 bits per heavy atom. The number of nitrogens with zero attached hydrogens (tertiary/aromatic N) is 4. The number of amides is 4. The summed E-state index contributed by atoms with van der Waals surface area (Å²) < 4.78 is 0. The third-order valence-electron chi connectivity index (χ3n) is 6.13. The van der Waals surface area contributed by atoms with E-state index in [2.05, 4.69) is 15.2 Å². The number of hydrogen-bond acceptors (Lipinski definition) is 5. The van der Waals surface area contributed by atoms with Crippen LogP contribution in [-0.4, -0.2) is 76.3 Å². The summed E-state index contributed by atoms with van der Waals surface area (Å²) in [7, 11) is 0. The third-order valence-corrected chi connectivity index (χ3v) is 6.13. The summed E-state index contributed by atoms with van der Waals surface area (Å²) in [6.45, 7) is 4.30.